The van der Waals surface area contributed by atoms with Crippen molar-refractivity contribution in [1.29, 1.82) is 0 Å². The molecule has 2 aliphatic rings. The van der Waals surface area contributed by atoms with Crippen molar-refractivity contribution < 1.29 is 37.7 Å². The number of rotatable bonds is 1. The third-order valence-electron chi connectivity index (χ3n) is 1.73. The number of thioether (sulfide) groups is 2. The molecule has 2 saturated heterocycles. The molecule has 0 aromatic heterocycles. The van der Waals surface area contributed by atoms with Crippen LogP contribution in [-0.4, -0.2) is 45.2 Å². The van der Waals surface area contributed by atoms with Crippen LogP contribution in [0.3, 0.4) is 0 Å². The van der Waals surface area contributed by atoms with Gasteiger partial charge in [-0.2, -0.15) is 6.92 Å². The van der Waals surface area contributed by atoms with Crippen LogP contribution < -0.4 is 5.32 Å². The van der Waals surface area contributed by atoms with E-state index in [1.54, 1.807) is 13.8 Å². The molecule has 2 heterocycles. The van der Waals surface area contributed by atoms with E-state index in [4.69, 9.17) is 0 Å². The van der Waals surface area contributed by atoms with Gasteiger partial charge in [0, 0.05) is 25.1 Å². The molecule has 0 spiro atoms. The minimum absolute atomic E-state index is 0. The van der Waals surface area contributed by atoms with Crippen LogP contribution in [-0.2, 0) is 28.1 Å². The molecule has 19 heavy (non-hydrogen) atoms. The van der Waals surface area contributed by atoms with Crippen molar-refractivity contribution in [2.45, 2.75) is 13.8 Å². The average Bonchev–Trinajstić information content (AvgIpc) is 2.89. The van der Waals surface area contributed by atoms with Gasteiger partial charge in [0.15, 0.2) is 0 Å². The molecular weight excluding hydrogens is 327 g/mol. The van der Waals surface area contributed by atoms with E-state index in [-0.39, 0.29) is 40.8 Å². The molecule has 107 valence electrons. The first kappa shape index (κ1) is 20.9. The fraction of sp³-hybridized carbons (Fsp3) is 0.500. The predicted molar refractivity (Wildman–Crippen MR) is 72.3 cm³/mol. The Morgan fingerprint density at radius 2 is 1.74 bits per heavy atom. The molecule has 2 aliphatic heterocycles. The Balaban J connectivity index is 0. The van der Waals surface area contributed by atoms with Crippen molar-refractivity contribution in [1.82, 2.24) is 10.2 Å². The van der Waals surface area contributed by atoms with E-state index in [0.717, 1.165) is 23.5 Å². The number of amides is 4. The van der Waals surface area contributed by atoms with Gasteiger partial charge >= 0.3 is 0 Å². The molecule has 2 rings (SSSR count). The second kappa shape index (κ2) is 11.4. The summed E-state index contributed by atoms with van der Waals surface area (Å²) in [4.78, 5) is 42.8. The van der Waals surface area contributed by atoms with E-state index in [0.29, 0.717) is 18.1 Å². The van der Waals surface area contributed by atoms with Crippen LogP contribution in [0.5, 0.6) is 0 Å². The van der Waals surface area contributed by atoms with Crippen LogP contribution in [0.1, 0.15) is 13.8 Å². The molecule has 0 atom stereocenters. The molecule has 0 aromatic rings. The van der Waals surface area contributed by atoms with Gasteiger partial charge in [-0.05, 0) is 6.92 Å². The largest absolute Gasteiger partial charge is 0.346 e. The average molecular weight is 342 g/mol. The zero-order chi connectivity index (χ0) is 14.1. The summed E-state index contributed by atoms with van der Waals surface area (Å²) in [5, 5.41) is 1.76. The normalized spacial score (nSPS) is 16.9. The Kier molecular flexibility index (Phi) is 12.5. The second-order valence-corrected chi connectivity index (χ2v) is 4.69. The van der Waals surface area contributed by atoms with Gasteiger partial charge in [-0.3, -0.25) is 29.4 Å². The quantitative estimate of drug-likeness (QED) is 0.727. The molecule has 6 nitrogen and oxygen atoms in total. The number of nitrogens with one attached hydrogen (secondary N) is 1. The monoisotopic (exact) mass is 342 g/mol. The first-order valence-electron chi connectivity index (χ1n) is 5.19. The van der Waals surface area contributed by atoms with Crippen molar-refractivity contribution >= 4 is 45.8 Å². The summed E-state index contributed by atoms with van der Waals surface area (Å²) < 4.78 is 0. The Bertz CT molecular complexity index is 322. The summed E-state index contributed by atoms with van der Waals surface area (Å²) >= 11 is 2.08. The molecule has 2 fully saturated rings. The van der Waals surface area contributed by atoms with Crippen LogP contribution in [0.4, 0.5) is 9.59 Å². The van der Waals surface area contributed by atoms with Gasteiger partial charge in [0.25, 0.3) is 10.5 Å². The van der Waals surface area contributed by atoms with Crippen molar-refractivity contribution in [3.8, 4) is 0 Å². The molecule has 4 amide bonds. The molecule has 1 radical (unpaired) electrons. The fourth-order valence-corrected chi connectivity index (χ4v) is 2.31. The van der Waals surface area contributed by atoms with Crippen molar-refractivity contribution in [2.75, 3.05) is 18.1 Å². The maximum Gasteiger partial charge on any atom is 0.288 e. The minimum atomic E-state index is -0.231. The first-order valence-corrected chi connectivity index (χ1v) is 7.16. The topological polar surface area (TPSA) is 83.6 Å². The zero-order valence-electron chi connectivity index (χ0n) is 10.7. The zero-order valence-corrected chi connectivity index (χ0v) is 13.7. The minimum Gasteiger partial charge on any atom is -0.346 e. The number of hydrogen-bond acceptors (Lipinski definition) is 6. The second-order valence-electron chi connectivity index (χ2n) is 2.82. The summed E-state index contributed by atoms with van der Waals surface area (Å²) in [6, 6.07) is 0. The first-order chi connectivity index (χ1) is 8.54. The molecule has 0 unspecified atom stereocenters. The number of imide groups is 2. The molecule has 0 bridgehead atoms. The number of carbonyl (C=O) groups excluding carboxylic acids is 4. The third-order valence-corrected chi connectivity index (χ3v) is 3.36. The van der Waals surface area contributed by atoms with E-state index in [2.05, 4.69) is 12.2 Å². The molecule has 0 saturated carbocycles. The Labute approximate surface area is 132 Å². The Morgan fingerprint density at radius 3 is 1.89 bits per heavy atom. The Morgan fingerprint density at radius 1 is 1.16 bits per heavy atom. The number of nitrogens with zero attached hydrogens (tertiary/aromatic N) is 1. The third kappa shape index (κ3) is 7.66. The van der Waals surface area contributed by atoms with E-state index < -0.39 is 0 Å². The van der Waals surface area contributed by atoms with Gasteiger partial charge in [-0.1, -0.05) is 23.5 Å². The summed E-state index contributed by atoms with van der Waals surface area (Å²) in [6.07, 6.45) is 0. The van der Waals surface area contributed by atoms with Crippen LogP contribution in [0, 0.1) is 6.92 Å². The van der Waals surface area contributed by atoms with Gasteiger partial charge < -0.3 is 6.92 Å². The van der Waals surface area contributed by atoms with Crippen LogP contribution in [0.25, 0.3) is 0 Å². The summed E-state index contributed by atoms with van der Waals surface area (Å²) in [6.45, 7) is 7.30. The number of carbonyl (C=O) groups is 4. The van der Waals surface area contributed by atoms with Gasteiger partial charge in [-0.25, -0.2) is 0 Å². The van der Waals surface area contributed by atoms with Crippen LogP contribution >= 0.6 is 23.5 Å². The van der Waals surface area contributed by atoms with Crippen LogP contribution in [0.2, 0.25) is 0 Å². The van der Waals surface area contributed by atoms with Gasteiger partial charge in [-0.15, -0.1) is 0 Å². The van der Waals surface area contributed by atoms with Gasteiger partial charge in [0.1, 0.15) is 0 Å². The maximum atomic E-state index is 10.7. The van der Waals surface area contributed by atoms with Crippen molar-refractivity contribution in [3.05, 3.63) is 6.92 Å². The van der Waals surface area contributed by atoms with Crippen LogP contribution in [0.15, 0.2) is 0 Å². The SMILES string of the molecule is CCN1C(=O)CSC1=O.O=C1CSC(=O)N1.[CH2-]C.[V]. The van der Waals surface area contributed by atoms with E-state index in [1.165, 1.54) is 4.90 Å². The standard InChI is InChI=1S/C5H7NO2S.C3H3NO2S.C2H5.V/c1-2-6-4(7)3-9-5(6)8;5-2-1-7-3(6)4-2;1-2;/h2-3H2,1H3;1H2,(H,4,5,6);1H2,2H3;/q;;-1;. The van der Waals surface area contributed by atoms with E-state index in [9.17, 15) is 19.2 Å². The summed E-state index contributed by atoms with van der Waals surface area (Å²) in [5.74, 6) is 0.369. The predicted octanol–water partition coefficient (Wildman–Crippen LogP) is 1.51. The summed E-state index contributed by atoms with van der Waals surface area (Å²) in [5.41, 5.74) is 0. The molecule has 1 N–H and O–H groups in total. The maximum absolute atomic E-state index is 10.7. The number of hydrogen-bond donors (Lipinski definition) is 1. The molecule has 9 heteroatoms. The van der Waals surface area contributed by atoms with E-state index in [1.807, 2.05) is 0 Å². The van der Waals surface area contributed by atoms with Crippen molar-refractivity contribution in [3.63, 3.8) is 0 Å². The smallest absolute Gasteiger partial charge is 0.288 e. The molecule has 0 aliphatic carbocycles. The summed E-state index contributed by atoms with van der Waals surface area (Å²) in [7, 11) is 0. The molecular formula is C10H15N2O4S2V-. The van der Waals surface area contributed by atoms with Crippen molar-refractivity contribution in [2.24, 2.45) is 0 Å². The fourth-order valence-electron chi connectivity index (χ4n) is 1.00. The van der Waals surface area contributed by atoms with Gasteiger partial charge in [0.2, 0.25) is 11.8 Å². The van der Waals surface area contributed by atoms with E-state index >= 15 is 0 Å². The van der Waals surface area contributed by atoms with Gasteiger partial charge in [0.05, 0.1) is 11.5 Å². The Hall–Kier alpha value is -0.436. The molecule has 0 aromatic carbocycles.